The van der Waals surface area contributed by atoms with E-state index in [2.05, 4.69) is 0 Å². The minimum absolute atomic E-state index is 0.104. The fourth-order valence-electron chi connectivity index (χ4n) is 4.35. The molecule has 0 spiro atoms. The van der Waals surface area contributed by atoms with Gasteiger partial charge in [0.25, 0.3) is 0 Å². The minimum atomic E-state index is -1.50. The molecule has 15 atom stereocenters. The molecule has 3 aliphatic rings. The number of hydrogen-bond acceptors (Lipinski definition) is 14. The highest BCUT2D eigenvalue weighted by atomic mass is 16.7. The Morgan fingerprint density at radius 1 is 0.719 bits per heavy atom. The Bertz CT molecular complexity index is 621. The van der Waals surface area contributed by atoms with Crippen LogP contribution in [-0.2, 0) is 18.9 Å². The van der Waals surface area contributed by atoms with Crippen LogP contribution < -0.4 is 28.7 Å². The van der Waals surface area contributed by atoms with Crippen molar-refractivity contribution in [1.29, 1.82) is 0 Å². The van der Waals surface area contributed by atoms with Gasteiger partial charge in [0.05, 0.1) is 24.3 Å². The second-order valence-electron chi connectivity index (χ2n) is 8.86. The summed E-state index contributed by atoms with van der Waals surface area (Å²) in [5, 5.41) is 51.6. The molecular formula is C18H37N5O9. The molecule has 188 valence electrons. The van der Waals surface area contributed by atoms with Gasteiger partial charge in [-0.25, -0.2) is 0 Å². The maximum absolute atomic E-state index is 10.7. The van der Waals surface area contributed by atoms with Crippen LogP contribution in [0.4, 0.5) is 0 Å². The van der Waals surface area contributed by atoms with E-state index in [1.807, 2.05) is 0 Å². The van der Waals surface area contributed by atoms with Crippen molar-refractivity contribution in [3.05, 3.63) is 0 Å². The Balaban J connectivity index is 1.79. The summed E-state index contributed by atoms with van der Waals surface area (Å²) < 4.78 is 22.9. The molecule has 2 saturated heterocycles. The van der Waals surface area contributed by atoms with E-state index < -0.39 is 91.7 Å². The van der Waals surface area contributed by atoms with Gasteiger partial charge >= 0.3 is 0 Å². The van der Waals surface area contributed by atoms with E-state index in [-0.39, 0.29) is 13.0 Å². The summed E-state index contributed by atoms with van der Waals surface area (Å²) in [5.41, 5.74) is 29.6. The van der Waals surface area contributed by atoms with Crippen LogP contribution in [0.5, 0.6) is 0 Å². The average Bonchev–Trinajstić information content (AvgIpc) is 2.76. The molecule has 3 rings (SSSR count). The summed E-state index contributed by atoms with van der Waals surface area (Å²) in [7, 11) is 0. The van der Waals surface area contributed by atoms with Crippen LogP contribution in [0.15, 0.2) is 0 Å². The predicted molar refractivity (Wildman–Crippen MR) is 108 cm³/mol. The van der Waals surface area contributed by atoms with Gasteiger partial charge in [-0.1, -0.05) is 0 Å². The van der Waals surface area contributed by atoms with Gasteiger partial charge in [0.1, 0.15) is 42.7 Å². The molecule has 14 heteroatoms. The van der Waals surface area contributed by atoms with E-state index in [1.165, 1.54) is 0 Å². The van der Waals surface area contributed by atoms with Crippen molar-refractivity contribution >= 4 is 0 Å². The number of ether oxygens (including phenoxy) is 4. The minimum Gasteiger partial charge on any atom is -0.389 e. The quantitative estimate of drug-likeness (QED) is 0.180. The van der Waals surface area contributed by atoms with E-state index in [9.17, 15) is 25.5 Å². The van der Waals surface area contributed by atoms with Gasteiger partial charge in [-0.2, -0.15) is 0 Å². The molecule has 32 heavy (non-hydrogen) atoms. The fourth-order valence-corrected chi connectivity index (χ4v) is 4.35. The first-order valence-corrected chi connectivity index (χ1v) is 10.7. The molecular weight excluding hydrogens is 430 g/mol. The van der Waals surface area contributed by atoms with Gasteiger partial charge in [-0.15, -0.1) is 0 Å². The third-order valence-corrected chi connectivity index (χ3v) is 6.54. The summed E-state index contributed by atoms with van der Waals surface area (Å²) in [6, 6.07) is -3.51. The van der Waals surface area contributed by atoms with Crippen LogP contribution in [0, 0.1) is 0 Å². The molecule has 14 nitrogen and oxygen atoms in total. The van der Waals surface area contributed by atoms with Crippen LogP contribution in [-0.4, -0.2) is 124 Å². The lowest BCUT2D eigenvalue weighted by atomic mass is 9.84. The van der Waals surface area contributed by atoms with E-state index in [0.717, 1.165) is 0 Å². The van der Waals surface area contributed by atoms with E-state index >= 15 is 0 Å². The first kappa shape index (κ1) is 26.1. The van der Waals surface area contributed by atoms with Crippen molar-refractivity contribution in [2.45, 2.75) is 105 Å². The molecule has 0 aromatic rings. The Labute approximate surface area is 185 Å². The second kappa shape index (κ2) is 10.4. The average molecular weight is 468 g/mol. The van der Waals surface area contributed by atoms with Crippen molar-refractivity contribution in [1.82, 2.24) is 0 Å². The number of nitrogens with two attached hydrogens (primary N) is 5. The van der Waals surface area contributed by atoms with Gasteiger partial charge in [0, 0.05) is 18.6 Å². The fraction of sp³-hybridized carbons (Fsp3) is 1.00. The predicted octanol–water partition coefficient (Wildman–Crippen LogP) is -6.30. The van der Waals surface area contributed by atoms with E-state index in [4.69, 9.17) is 47.6 Å². The van der Waals surface area contributed by atoms with Crippen molar-refractivity contribution < 1.29 is 44.5 Å². The zero-order valence-corrected chi connectivity index (χ0v) is 17.8. The summed E-state index contributed by atoms with van der Waals surface area (Å²) in [6.07, 6.45) is -13.1. The van der Waals surface area contributed by atoms with Gasteiger partial charge < -0.3 is 73.1 Å². The zero-order valence-electron chi connectivity index (χ0n) is 17.8. The van der Waals surface area contributed by atoms with Gasteiger partial charge in [-0.05, 0) is 13.3 Å². The van der Waals surface area contributed by atoms with E-state index in [0.29, 0.717) is 0 Å². The maximum Gasteiger partial charge on any atom is 0.187 e. The Morgan fingerprint density at radius 2 is 1.31 bits per heavy atom. The standard InChI is InChI=1S/C18H37N5O9/c1-4-8(22)12(26)14(28)18(29-4)32-16-10(24)5(20)2-6(21)15(16)31-17-9(23)13(27)11(25)7(3-19)30-17/h4-18,24-28H,2-3,19-23H2,1H3/t4?,5?,6?,7?,8-,9?,10-,11-,12-,13+,14?,15?,16+,17-,18-/m0/s1. The molecule has 0 bridgehead atoms. The molecule has 3 fully saturated rings. The van der Waals surface area contributed by atoms with Gasteiger partial charge in [0.15, 0.2) is 12.6 Å². The first-order valence-electron chi connectivity index (χ1n) is 10.7. The van der Waals surface area contributed by atoms with Crippen LogP contribution in [0.2, 0.25) is 0 Å². The molecule has 0 aromatic heterocycles. The monoisotopic (exact) mass is 467 g/mol. The molecule has 15 N–H and O–H groups in total. The summed E-state index contributed by atoms with van der Waals surface area (Å²) in [6.45, 7) is 1.50. The third-order valence-electron chi connectivity index (χ3n) is 6.54. The smallest absolute Gasteiger partial charge is 0.187 e. The Hall–Kier alpha value is -0.560. The molecule has 7 unspecified atom stereocenters. The molecule has 1 saturated carbocycles. The third kappa shape index (κ3) is 4.94. The number of aliphatic hydroxyl groups is 5. The SMILES string of the molecule is CC1O[C@@H](O[C@H]2C(O[C@@H]3OC(CN)[C@H](O)[C@H](O)C3N)C(N)CC(N)[C@@H]2O)C(O)[C@@H](O)[C@H]1N. The lowest BCUT2D eigenvalue weighted by Gasteiger charge is -2.48. The summed E-state index contributed by atoms with van der Waals surface area (Å²) in [4.78, 5) is 0. The second-order valence-corrected chi connectivity index (χ2v) is 8.86. The molecule has 0 aromatic carbocycles. The topological polar surface area (TPSA) is 268 Å². The highest BCUT2D eigenvalue weighted by molar-refractivity contribution is 5.01. The van der Waals surface area contributed by atoms with Crippen molar-refractivity contribution in [3.63, 3.8) is 0 Å². The van der Waals surface area contributed by atoms with Crippen LogP contribution >= 0.6 is 0 Å². The van der Waals surface area contributed by atoms with Crippen LogP contribution in [0.25, 0.3) is 0 Å². The highest BCUT2D eigenvalue weighted by Crippen LogP contribution is 2.31. The molecule has 1 aliphatic carbocycles. The molecule has 2 aliphatic heterocycles. The normalized spacial score (nSPS) is 55.0. The van der Waals surface area contributed by atoms with Crippen LogP contribution in [0.1, 0.15) is 13.3 Å². The molecule has 0 amide bonds. The van der Waals surface area contributed by atoms with Gasteiger partial charge in [-0.3, -0.25) is 0 Å². The largest absolute Gasteiger partial charge is 0.389 e. The highest BCUT2D eigenvalue weighted by Gasteiger charge is 2.51. The van der Waals surface area contributed by atoms with Crippen molar-refractivity contribution in [3.8, 4) is 0 Å². The lowest BCUT2D eigenvalue weighted by molar-refractivity contribution is -0.328. The lowest BCUT2D eigenvalue weighted by Crippen LogP contribution is -2.69. The maximum atomic E-state index is 10.7. The Morgan fingerprint density at radius 3 is 1.94 bits per heavy atom. The molecule has 0 radical (unpaired) electrons. The van der Waals surface area contributed by atoms with Crippen LogP contribution in [0.3, 0.4) is 0 Å². The molecule has 2 heterocycles. The summed E-state index contributed by atoms with van der Waals surface area (Å²) in [5.74, 6) is 0. The van der Waals surface area contributed by atoms with Crippen molar-refractivity contribution in [2.75, 3.05) is 6.54 Å². The van der Waals surface area contributed by atoms with E-state index in [1.54, 1.807) is 6.92 Å². The van der Waals surface area contributed by atoms with Gasteiger partial charge in [0.2, 0.25) is 0 Å². The number of aliphatic hydroxyl groups excluding tert-OH is 5. The number of hydrogen-bond donors (Lipinski definition) is 10. The number of rotatable bonds is 5. The first-order chi connectivity index (χ1) is 15.0. The summed E-state index contributed by atoms with van der Waals surface area (Å²) >= 11 is 0. The zero-order chi connectivity index (χ0) is 23.9. The Kier molecular flexibility index (Phi) is 8.44. The van der Waals surface area contributed by atoms with Crippen molar-refractivity contribution in [2.24, 2.45) is 28.7 Å².